The lowest BCUT2D eigenvalue weighted by Crippen LogP contribution is -2.44. The Morgan fingerprint density at radius 3 is 2.42 bits per heavy atom. The van der Waals surface area contributed by atoms with Crippen LogP contribution >= 0.6 is 11.6 Å². The first kappa shape index (κ1) is 14.4. The van der Waals surface area contributed by atoms with E-state index in [1.54, 1.807) is 0 Å². The first-order valence-electron chi connectivity index (χ1n) is 6.72. The van der Waals surface area contributed by atoms with Gasteiger partial charge in [0.15, 0.2) is 0 Å². The molecule has 2 rings (SSSR count). The number of hydrogen-bond donors (Lipinski definition) is 0. The molecule has 19 heavy (non-hydrogen) atoms. The molecule has 104 valence electrons. The summed E-state index contributed by atoms with van der Waals surface area (Å²) in [7, 11) is 4.04. The number of rotatable bonds is 3. The summed E-state index contributed by atoms with van der Waals surface area (Å²) in [6.07, 6.45) is 2.11. The molecule has 0 spiro atoms. The fourth-order valence-electron chi connectivity index (χ4n) is 2.49. The molecule has 1 aliphatic rings. The Morgan fingerprint density at radius 1 is 1.32 bits per heavy atom. The van der Waals surface area contributed by atoms with Gasteiger partial charge in [-0.15, -0.1) is 11.6 Å². The molecule has 1 fully saturated rings. The molecule has 4 heteroatoms. The second-order valence-electron chi connectivity index (χ2n) is 5.28. The first-order chi connectivity index (χ1) is 9.11. The van der Waals surface area contributed by atoms with Crippen molar-refractivity contribution >= 4 is 17.5 Å². The lowest BCUT2D eigenvalue weighted by Gasteiger charge is -2.35. The second kappa shape index (κ2) is 6.40. The average Bonchev–Trinajstić information content (AvgIpc) is 2.46. The van der Waals surface area contributed by atoms with Crippen molar-refractivity contribution in [2.45, 2.75) is 24.8 Å². The standard InChI is InChI=1S/C15H21ClN2O/c1-17-9-7-14(8-10-17)18(2)15(19)13-5-3-12(11-16)4-6-13/h3-6,14H,7-11H2,1-2H3. The Bertz CT molecular complexity index is 424. The lowest BCUT2D eigenvalue weighted by atomic mass is 10.0. The minimum atomic E-state index is 0.107. The van der Waals surface area contributed by atoms with Crippen LogP contribution in [-0.4, -0.2) is 48.9 Å². The number of carbonyl (C=O) groups is 1. The molecular formula is C15H21ClN2O. The Kier molecular flexibility index (Phi) is 4.83. The SMILES string of the molecule is CN1CCC(N(C)C(=O)c2ccc(CCl)cc2)CC1. The van der Waals surface area contributed by atoms with Gasteiger partial charge in [-0.25, -0.2) is 0 Å². The van der Waals surface area contributed by atoms with Crippen LogP contribution in [0.2, 0.25) is 0 Å². The molecule has 0 N–H and O–H groups in total. The maximum Gasteiger partial charge on any atom is 0.253 e. The zero-order chi connectivity index (χ0) is 13.8. The summed E-state index contributed by atoms with van der Waals surface area (Å²) in [5, 5.41) is 0. The number of alkyl halides is 1. The van der Waals surface area contributed by atoms with Crippen molar-refractivity contribution in [3.63, 3.8) is 0 Å². The van der Waals surface area contributed by atoms with Gasteiger partial charge in [-0.3, -0.25) is 4.79 Å². The minimum Gasteiger partial charge on any atom is -0.339 e. The number of benzene rings is 1. The van der Waals surface area contributed by atoms with E-state index in [4.69, 9.17) is 11.6 Å². The van der Waals surface area contributed by atoms with Crippen molar-refractivity contribution in [3.8, 4) is 0 Å². The van der Waals surface area contributed by atoms with Gasteiger partial charge in [-0.2, -0.15) is 0 Å². The third kappa shape index (κ3) is 3.48. The summed E-state index contributed by atoms with van der Waals surface area (Å²) in [5.41, 5.74) is 1.79. The molecule has 1 saturated heterocycles. The molecule has 1 aliphatic heterocycles. The van der Waals surface area contributed by atoms with Crippen LogP contribution in [0.25, 0.3) is 0 Å². The van der Waals surface area contributed by atoms with Crippen LogP contribution in [0.1, 0.15) is 28.8 Å². The quantitative estimate of drug-likeness (QED) is 0.795. The summed E-state index contributed by atoms with van der Waals surface area (Å²) in [6, 6.07) is 7.93. The average molecular weight is 281 g/mol. The molecule has 1 aromatic rings. The molecule has 1 heterocycles. The van der Waals surface area contributed by atoms with Crippen LogP contribution in [-0.2, 0) is 5.88 Å². The van der Waals surface area contributed by atoms with Crippen LogP contribution in [0.4, 0.5) is 0 Å². The molecule has 1 aromatic carbocycles. The predicted octanol–water partition coefficient (Wildman–Crippen LogP) is 2.59. The van der Waals surface area contributed by atoms with Gasteiger partial charge in [0.1, 0.15) is 0 Å². The number of nitrogens with zero attached hydrogens (tertiary/aromatic N) is 2. The number of likely N-dealkylation sites (tertiary alicyclic amines) is 1. The first-order valence-corrected chi connectivity index (χ1v) is 7.26. The molecule has 0 aliphatic carbocycles. The van der Waals surface area contributed by atoms with Crippen LogP contribution in [0.15, 0.2) is 24.3 Å². The largest absolute Gasteiger partial charge is 0.339 e. The van der Waals surface area contributed by atoms with Crippen molar-refractivity contribution in [1.29, 1.82) is 0 Å². The Balaban J connectivity index is 2.01. The van der Waals surface area contributed by atoms with E-state index in [0.29, 0.717) is 11.9 Å². The van der Waals surface area contributed by atoms with Crippen LogP contribution in [0.3, 0.4) is 0 Å². The summed E-state index contributed by atoms with van der Waals surface area (Å²) >= 11 is 5.76. The van der Waals surface area contributed by atoms with Crippen molar-refractivity contribution in [3.05, 3.63) is 35.4 Å². The number of hydrogen-bond acceptors (Lipinski definition) is 2. The second-order valence-corrected chi connectivity index (χ2v) is 5.55. The summed E-state index contributed by atoms with van der Waals surface area (Å²) in [5.74, 6) is 0.592. The van der Waals surface area contributed by atoms with Gasteiger partial charge < -0.3 is 9.80 Å². The van der Waals surface area contributed by atoms with Crippen molar-refractivity contribution < 1.29 is 4.79 Å². The van der Waals surface area contributed by atoms with Crippen molar-refractivity contribution in [1.82, 2.24) is 9.80 Å². The van der Waals surface area contributed by atoms with E-state index < -0.39 is 0 Å². The van der Waals surface area contributed by atoms with Gasteiger partial charge in [-0.05, 0) is 50.7 Å². The van der Waals surface area contributed by atoms with E-state index in [0.717, 1.165) is 37.1 Å². The van der Waals surface area contributed by atoms with Gasteiger partial charge in [0.2, 0.25) is 0 Å². The maximum atomic E-state index is 12.4. The van der Waals surface area contributed by atoms with E-state index in [1.165, 1.54) is 0 Å². The van der Waals surface area contributed by atoms with Crippen LogP contribution < -0.4 is 0 Å². The Morgan fingerprint density at radius 2 is 1.89 bits per heavy atom. The van der Waals surface area contributed by atoms with E-state index in [-0.39, 0.29) is 5.91 Å². The van der Waals surface area contributed by atoms with E-state index in [9.17, 15) is 4.79 Å². The number of halogens is 1. The molecule has 1 amide bonds. The molecule has 0 radical (unpaired) electrons. The number of carbonyl (C=O) groups excluding carboxylic acids is 1. The third-order valence-electron chi connectivity index (χ3n) is 3.91. The molecule has 0 saturated carbocycles. The third-order valence-corrected chi connectivity index (χ3v) is 4.22. The van der Waals surface area contributed by atoms with Crippen molar-refractivity contribution in [2.24, 2.45) is 0 Å². The molecular weight excluding hydrogens is 260 g/mol. The molecule has 0 atom stereocenters. The summed E-state index contributed by atoms with van der Waals surface area (Å²) in [4.78, 5) is 16.6. The van der Waals surface area contributed by atoms with Gasteiger partial charge in [0.25, 0.3) is 5.91 Å². The molecule has 0 bridgehead atoms. The maximum absolute atomic E-state index is 12.4. The molecule has 0 unspecified atom stereocenters. The highest BCUT2D eigenvalue weighted by Gasteiger charge is 2.24. The fraction of sp³-hybridized carbons (Fsp3) is 0.533. The van der Waals surface area contributed by atoms with Crippen LogP contribution in [0.5, 0.6) is 0 Å². The summed E-state index contributed by atoms with van der Waals surface area (Å²) in [6.45, 7) is 2.13. The van der Waals surface area contributed by atoms with Crippen molar-refractivity contribution in [2.75, 3.05) is 27.2 Å². The van der Waals surface area contributed by atoms with E-state index in [1.807, 2.05) is 36.2 Å². The molecule has 3 nitrogen and oxygen atoms in total. The zero-order valence-corrected chi connectivity index (χ0v) is 12.4. The highest BCUT2D eigenvalue weighted by atomic mass is 35.5. The predicted molar refractivity (Wildman–Crippen MR) is 78.6 cm³/mol. The van der Waals surface area contributed by atoms with Gasteiger partial charge in [0, 0.05) is 24.5 Å². The van der Waals surface area contributed by atoms with Crippen LogP contribution in [0, 0.1) is 0 Å². The zero-order valence-electron chi connectivity index (χ0n) is 11.6. The monoisotopic (exact) mass is 280 g/mol. The Labute approximate surface area is 120 Å². The fourth-order valence-corrected chi connectivity index (χ4v) is 2.67. The van der Waals surface area contributed by atoms with Gasteiger partial charge >= 0.3 is 0 Å². The van der Waals surface area contributed by atoms with E-state index >= 15 is 0 Å². The highest BCUT2D eigenvalue weighted by molar-refractivity contribution is 6.17. The normalized spacial score (nSPS) is 17.4. The van der Waals surface area contributed by atoms with E-state index in [2.05, 4.69) is 11.9 Å². The number of piperidine rings is 1. The smallest absolute Gasteiger partial charge is 0.253 e. The number of amides is 1. The highest BCUT2D eigenvalue weighted by Crippen LogP contribution is 2.17. The minimum absolute atomic E-state index is 0.107. The topological polar surface area (TPSA) is 23.6 Å². The summed E-state index contributed by atoms with van der Waals surface area (Å²) < 4.78 is 0. The van der Waals surface area contributed by atoms with Gasteiger partial charge in [0.05, 0.1) is 0 Å². The Hall–Kier alpha value is -1.06. The lowest BCUT2D eigenvalue weighted by molar-refractivity contribution is 0.0659. The van der Waals surface area contributed by atoms with Gasteiger partial charge in [-0.1, -0.05) is 12.1 Å². The molecule has 0 aromatic heterocycles.